The van der Waals surface area contributed by atoms with Gasteiger partial charge in [0.25, 0.3) is 0 Å². The van der Waals surface area contributed by atoms with Crippen molar-refractivity contribution in [2.45, 2.75) is 131 Å². The van der Waals surface area contributed by atoms with Crippen molar-refractivity contribution in [1.82, 2.24) is 0 Å². The highest BCUT2D eigenvalue weighted by molar-refractivity contribution is 5.88. The van der Waals surface area contributed by atoms with Crippen molar-refractivity contribution < 1.29 is 4.79 Å². The van der Waals surface area contributed by atoms with Gasteiger partial charge in [-0.2, -0.15) is 0 Å². The summed E-state index contributed by atoms with van der Waals surface area (Å²) in [5.41, 5.74) is 3.83. The van der Waals surface area contributed by atoms with E-state index in [0.717, 1.165) is 25.7 Å². The van der Waals surface area contributed by atoms with Gasteiger partial charge in [-0.3, -0.25) is 4.79 Å². The Bertz CT molecular complexity index is 544. The molecule has 2 fully saturated rings. The second-order valence-electron chi connectivity index (χ2n) is 10.7. The molecule has 172 valence electrons. The van der Waals surface area contributed by atoms with Gasteiger partial charge in [0.15, 0.2) is 0 Å². The fourth-order valence-electron chi connectivity index (χ4n) is 7.29. The molecule has 0 radical (unpaired) electrons. The van der Waals surface area contributed by atoms with Crippen LogP contribution in [-0.4, -0.2) is 5.78 Å². The molecule has 2 saturated carbocycles. The molecule has 2 rings (SSSR count). The zero-order valence-corrected chi connectivity index (χ0v) is 21.1. The highest BCUT2D eigenvalue weighted by Gasteiger charge is 2.44. The number of rotatable bonds is 10. The molecule has 0 spiro atoms. The monoisotopic (exact) mass is 414 g/mol. The van der Waals surface area contributed by atoms with Gasteiger partial charge < -0.3 is 0 Å². The predicted octanol–water partition coefficient (Wildman–Crippen LogP) is 9.22. The van der Waals surface area contributed by atoms with Crippen LogP contribution in [0.3, 0.4) is 0 Å². The van der Waals surface area contributed by atoms with Crippen molar-refractivity contribution in [3.05, 3.63) is 23.3 Å². The quantitative estimate of drug-likeness (QED) is 0.325. The second-order valence-corrected chi connectivity index (χ2v) is 10.7. The fraction of sp³-hybridized carbons (Fsp3) is 0.828. The minimum Gasteiger partial charge on any atom is -0.298 e. The molecule has 0 N–H and O–H groups in total. The molecular formula is C29H50O. The maximum absolute atomic E-state index is 13.9. The van der Waals surface area contributed by atoms with E-state index in [1.807, 2.05) is 0 Å². The predicted molar refractivity (Wildman–Crippen MR) is 132 cm³/mol. The van der Waals surface area contributed by atoms with E-state index < -0.39 is 0 Å². The lowest BCUT2D eigenvalue weighted by molar-refractivity contribution is -0.126. The first-order chi connectivity index (χ1) is 14.4. The number of hydrogen-bond acceptors (Lipinski definition) is 1. The zero-order valence-electron chi connectivity index (χ0n) is 21.1. The molecule has 0 aliphatic heterocycles. The topological polar surface area (TPSA) is 17.1 Å². The van der Waals surface area contributed by atoms with E-state index in [-0.39, 0.29) is 11.8 Å². The molecule has 0 bridgehead atoms. The lowest BCUT2D eigenvalue weighted by Gasteiger charge is -2.45. The first-order valence-corrected chi connectivity index (χ1v) is 13.3. The van der Waals surface area contributed by atoms with Crippen molar-refractivity contribution >= 4 is 5.78 Å². The number of carbonyl (C=O) groups excluding carboxylic acids is 1. The molecule has 0 aromatic carbocycles. The van der Waals surface area contributed by atoms with E-state index >= 15 is 0 Å². The van der Waals surface area contributed by atoms with Crippen molar-refractivity contribution in [2.75, 3.05) is 0 Å². The van der Waals surface area contributed by atoms with Crippen LogP contribution in [0.4, 0.5) is 0 Å². The number of ketones is 1. The summed E-state index contributed by atoms with van der Waals surface area (Å²) in [6, 6.07) is 0. The first kappa shape index (κ1) is 25.4. The Morgan fingerprint density at radius 2 is 1.07 bits per heavy atom. The highest BCUT2D eigenvalue weighted by Crippen LogP contribution is 2.52. The molecular weight excluding hydrogens is 364 g/mol. The van der Waals surface area contributed by atoms with Gasteiger partial charge in [-0.1, -0.05) is 76.7 Å². The average molecular weight is 415 g/mol. The molecule has 2 aliphatic carbocycles. The van der Waals surface area contributed by atoms with Gasteiger partial charge in [0, 0.05) is 11.8 Å². The molecule has 0 amide bonds. The second kappa shape index (κ2) is 11.7. The summed E-state index contributed by atoms with van der Waals surface area (Å²) in [5, 5.41) is 0. The normalized spacial score (nSPS) is 28.7. The lowest BCUT2D eigenvalue weighted by atomic mass is 9.59. The van der Waals surface area contributed by atoms with Crippen LogP contribution in [0.25, 0.3) is 0 Å². The van der Waals surface area contributed by atoms with Crippen LogP contribution >= 0.6 is 0 Å². The Labute approximate surface area is 188 Å². The summed E-state index contributed by atoms with van der Waals surface area (Å²) in [7, 11) is 0. The summed E-state index contributed by atoms with van der Waals surface area (Å²) >= 11 is 0. The van der Waals surface area contributed by atoms with Crippen molar-refractivity contribution in [2.24, 2.45) is 22.7 Å². The van der Waals surface area contributed by atoms with Gasteiger partial charge in [0.2, 0.25) is 0 Å². The van der Waals surface area contributed by atoms with Gasteiger partial charge in [-0.25, -0.2) is 0 Å². The summed E-state index contributed by atoms with van der Waals surface area (Å²) in [4.78, 5) is 13.9. The standard InChI is InChI=1S/C29H50O/c1-7-15-28(16-8-2)19-13-25(23(11-5)21-28)27(30)26-14-20-29(17-9-3,18-10-4)22-24(26)12-6/h11-12,25-26H,7-10,13-22H2,1-6H3. The molecule has 0 aromatic heterocycles. The van der Waals surface area contributed by atoms with Gasteiger partial charge in [0.05, 0.1) is 0 Å². The third-order valence-corrected chi connectivity index (χ3v) is 8.53. The number of allylic oxidation sites excluding steroid dienone is 4. The van der Waals surface area contributed by atoms with E-state index in [4.69, 9.17) is 0 Å². The zero-order chi connectivity index (χ0) is 22.2. The molecule has 0 heterocycles. The SMILES string of the molecule is CC=C1CC(CCC)(CCC)CCC1C(=O)C1CCC(CCC)(CCC)CC1=CC. The van der Waals surface area contributed by atoms with Crippen molar-refractivity contribution in [3.63, 3.8) is 0 Å². The summed E-state index contributed by atoms with van der Waals surface area (Å²) in [6.45, 7) is 13.6. The Morgan fingerprint density at radius 3 is 1.33 bits per heavy atom. The maximum atomic E-state index is 13.9. The minimum atomic E-state index is 0.182. The van der Waals surface area contributed by atoms with E-state index in [1.165, 1.54) is 75.4 Å². The van der Waals surface area contributed by atoms with E-state index in [9.17, 15) is 4.79 Å². The third kappa shape index (κ3) is 5.68. The summed E-state index contributed by atoms with van der Waals surface area (Å²) in [6.07, 6.45) is 21.9. The highest BCUT2D eigenvalue weighted by atomic mass is 16.1. The number of carbonyl (C=O) groups is 1. The lowest BCUT2D eigenvalue weighted by Crippen LogP contribution is -2.38. The Balaban J connectivity index is 2.18. The molecule has 1 heteroatoms. The molecule has 30 heavy (non-hydrogen) atoms. The van der Waals surface area contributed by atoms with Crippen LogP contribution in [-0.2, 0) is 4.79 Å². The molecule has 0 aromatic rings. The maximum Gasteiger partial charge on any atom is 0.147 e. The Hall–Kier alpha value is -0.850. The van der Waals surface area contributed by atoms with Crippen molar-refractivity contribution in [3.8, 4) is 0 Å². The van der Waals surface area contributed by atoms with E-state index in [0.29, 0.717) is 16.6 Å². The van der Waals surface area contributed by atoms with Gasteiger partial charge in [0.1, 0.15) is 5.78 Å². The third-order valence-electron chi connectivity index (χ3n) is 8.53. The fourth-order valence-corrected chi connectivity index (χ4v) is 7.29. The Morgan fingerprint density at radius 1 is 0.733 bits per heavy atom. The van der Waals surface area contributed by atoms with Crippen LogP contribution in [0.1, 0.15) is 131 Å². The molecule has 1 nitrogen and oxygen atoms in total. The molecule has 2 aliphatic rings. The van der Waals surface area contributed by atoms with E-state index in [1.54, 1.807) is 0 Å². The van der Waals surface area contributed by atoms with Crippen molar-refractivity contribution in [1.29, 1.82) is 0 Å². The van der Waals surface area contributed by atoms with Crippen LogP contribution in [0.15, 0.2) is 23.3 Å². The Kier molecular flexibility index (Phi) is 9.89. The molecule has 2 atom stereocenters. The van der Waals surface area contributed by atoms with Gasteiger partial charge >= 0.3 is 0 Å². The average Bonchev–Trinajstić information content (AvgIpc) is 2.74. The molecule has 0 saturated heterocycles. The largest absolute Gasteiger partial charge is 0.298 e. The van der Waals surface area contributed by atoms with Crippen LogP contribution in [0.5, 0.6) is 0 Å². The number of hydrogen-bond donors (Lipinski definition) is 0. The first-order valence-electron chi connectivity index (χ1n) is 13.3. The summed E-state index contributed by atoms with van der Waals surface area (Å²) < 4.78 is 0. The molecule has 2 unspecified atom stereocenters. The minimum absolute atomic E-state index is 0.182. The van der Waals surface area contributed by atoms with Crippen LogP contribution in [0.2, 0.25) is 0 Å². The van der Waals surface area contributed by atoms with Crippen LogP contribution in [0, 0.1) is 22.7 Å². The number of Topliss-reactive ketones (excluding diaryl/α,β-unsaturated/α-hetero) is 1. The smallest absolute Gasteiger partial charge is 0.147 e. The summed E-state index contributed by atoms with van der Waals surface area (Å²) in [5.74, 6) is 0.919. The van der Waals surface area contributed by atoms with Crippen LogP contribution < -0.4 is 0 Å². The van der Waals surface area contributed by atoms with Gasteiger partial charge in [-0.15, -0.1) is 0 Å². The van der Waals surface area contributed by atoms with Gasteiger partial charge in [-0.05, 0) is 88.9 Å². The van der Waals surface area contributed by atoms with E-state index in [2.05, 4.69) is 53.7 Å².